The number of hydrogen-bond donors (Lipinski definition) is 0. The summed E-state index contributed by atoms with van der Waals surface area (Å²) in [5.41, 5.74) is 3.95. The minimum atomic E-state index is 0.145. The van der Waals surface area contributed by atoms with E-state index in [9.17, 15) is 5.26 Å². The Labute approximate surface area is 188 Å². The van der Waals surface area contributed by atoms with Gasteiger partial charge in [-0.25, -0.2) is 15.0 Å². The minimum absolute atomic E-state index is 0.145. The number of piperidine rings is 1. The van der Waals surface area contributed by atoms with Crippen molar-refractivity contribution in [1.82, 2.24) is 24.5 Å². The monoisotopic (exact) mass is 431 g/mol. The normalized spacial score (nSPS) is 21.8. The summed E-state index contributed by atoms with van der Waals surface area (Å²) in [5, 5.41) is 9.31. The summed E-state index contributed by atoms with van der Waals surface area (Å²) < 4.78 is 7.78. The predicted octanol–water partition coefficient (Wildman–Crippen LogP) is 3.60. The molecule has 0 unspecified atom stereocenters. The molecule has 2 aliphatic rings. The first-order chi connectivity index (χ1) is 15.6. The van der Waals surface area contributed by atoms with Gasteiger partial charge in [-0.05, 0) is 51.2 Å². The summed E-state index contributed by atoms with van der Waals surface area (Å²) in [6.07, 6.45) is 9.57. The lowest BCUT2D eigenvalue weighted by Gasteiger charge is -2.31. The van der Waals surface area contributed by atoms with Crippen molar-refractivity contribution < 1.29 is 4.74 Å². The Morgan fingerprint density at radius 3 is 2.72 bits per heavy atom. The highest BCUT2D eigenvalue weighted by Gasteiger charge is 2.28. The zero-order chi connectivity index (χ0) is 22.1. The third kappa shape index (κ3) is 4.05. The average Bonchev–Trinajstić information content (AvgIpc) is 3.42. The molecule has 32 heavy (non-hydrogen) atoms. The highest BCUT2D eigenvalue weighted by molar-refractivity contribution is 5.75. The predicted molar refractivity (Wildman–Crippen MR) is 121 cm³/mol. The van der Waals surface area contributed by atoms with Gasteiger partial charge >= 0.3 is 0 Å². The molecular formula is C24H29N7O. The maximum absolute atomic E-state index is 9.31. The van der Waals surface area contributed by atoms with E-state index < -0.39 is 0 Å². The zero-order valence-corrected chi connectivity index (χ0v) is 18.7. The van der Waals surface area contributed by atoms with Crippen LogP contribution in [0.3, 0.4) is 0 Å². The van der Waals surface area contributed by atoms with E-state index >= 15 is 0 Å². The second kappa shape index (κ2) is 8.83. The number of anilines is 1. The minimum Gasteiger partial charge on any atom is -0.381 e. The van der Waals surface area contributed by atoms with Crippen LogP contribution in [0.5, 0.6) is 0 Å². The van der Waals surface area contributed by atoms with Crippen LogP contribution in [-0.4, -0.2) is 50.8 Å². The number of fused-ring (bicyclic) bond motifs is 1. The quantitative estimate of drug-likeness (QED) is 0.609. The number of methoxy groups -OCH3 is 1. The first-order valence-electron chi connectivity index (χ1n) is 11.5. The number of nitrogens with zero attached hydrogens (tertiary/aromatic N) is 7. The lowest BCUT2D eigenvalue weighted by atomic mass is 10.1. The molecule has 2 fully saturated rings. The molecule has 0 bridgehead atoms. The molecule has 1 aliphatic carbocycles. The van der Waals surface area contributed by atoms with Gasteiger partial charge in [-0.3, -0.25) is 4.98 Å². The zero-order valence-electron chi connectivity index (χ0n) is 18.7. The molecule has 0 aromatic carbocycles. The van der Waals surface area contributed by atoms with Crippen molar-refractivity contribution in [1.29, 1.82) is 5.26 Å². The molecule has 0 N–H and O–H groups in total. The second-order valence-corrected chi connectivity index (χ2v) is 8.93. The van der Waals surface area contributed by atoms with E-state index in [4.69, 9.17) is 14.7 Å². The third-order valence-electron chi connectivity index (χ3n) is 6.88. The Hall–Kier alpha value is -3.05. The van der Waals surface area contributed by atoms with Gasteiger partial charge < -0.3 is 14.2 Å². The number of rotatable bonds is 5. The fourth-order valence-corrected chi connectivity index (χ4v) is 5.14. The molecule has 166 valence electrons. The smallest absolute Gasteiger partial charge is 0.225 e. The molecule has 3 aromatic rings. The van der Waals surface area contributed by atoms with Gasteiger partial charge in [-0.15, -0.1) is 0 Å². The topological polar surface area (TPSA) is 92.8 Å². The van der Waals surface area contributed by atoms with Crippen LogP contribution in [-0.2, 0) is 11.2 Å². The Kier molecular flexibility index (Phi) is 5.75. The van der Waals surface area contributed by atoms with Gasteiger partial charge in [-0.1, -0.05) is 0 Å². The maximum Gasteiger partial charge on any atom is 0.225 e. The molecule has 4 heterocycles. The summed E-state index contributed by atoms with van der Waals surface area (Å²) in [6, 6.07) is 6.87. The van der Waals surface area contributed by atoms with Gasteiger partial charge in [0.25, 0.3) is 0 Å². The van der Waals surface area contributed by atoms with Gasteiger partial charge in [0.2, 0.25) is 5.95 Å². The molecule has 1 saturated carbocycles. The molecular weight excluding hydrogens is 402 g/mol. The Morgan fingerprint density at radius 1 is 1.12 bits per heavy atom. The second-order valence-electron chi connectivity index (χ2n) is 8.93. The lowest BCUT2D eigenvalue weighted by Crippen LogP contribution is -2.37. The molecule has 0 spiro atoms. The molecule has 8 heteroatoms. The van der Waals surface area contributed by atoms with Crippen LogP contribution in [0.4, 0.5) is 5.95 Å². The fourth-order valence-electron chi connectivity index (χ4n) is 5.14. The average molecular weight is 432 g/mol. The van der Waals surface area contributed by atoms with Crippen molar-refractivity contribution in [2.45, 2.75) is 57.6 Å². The van der Waals surface area contributed by atoms with Gasteiger partial charge in [-0.2, -0.15) is 5.26 Å². The molecule has 1 saturated heterocycles. The van der Waals surface area contributed by atoms with Crippen molar-refractivity contribution in [3.8, 4) is 6.07 Å². The number of ether oxygens (including phenoxy) is 1. The SMILES string of the molecule is COC1CCN(c2nccc(Cc3cc4c(cn3)nc(C)n4[C@@H]3CC[C@H](C#N)C3)n2)CC1. The highest BCUT2D eigenvalue weighted by atomic mass is 16.5. The molecule has 0 amide bonds. The first-order valence-corrected chi connectivity index (χ1v) is 11.5. The summed E-state index contributed by atoms with van der Waals surface area (Å²) in [7, 11) is 1.78. The van der Waals surface area contributed by atoms with Crippen LogP contribution >= 0.6 is 0 Å². The molecule has 1 aliphatic heterocycles. The number of aromatic nitrogens is 5. The summed E-state index contributed by atoms with van der Waals surface area (Å²) in [4.78, 5) is 20.9. The Balaban J connectivity index is 1.37. The van der Waals surface area contributed by atoms with Crippen molar-refractivity contribution in [3.63, 3.8) is 0 Å². The first kappa shape index (κ1) is 20.8. The molecule has 8 nitrogen and oxygen atoms in total. The Bertz CT molecular complexity index is 1140. The van der Waals surface area contributed by atoms with Gasteiger partial charge in [0.05, 0.1) is 29.6 Å². The van der Waals surface area contributed by atoms with Crippen LogP contribution in [0.25, 0.3) is 11.0 Å². The van der Waals surface area contributed by atoms with Crippen LogP contribution < -0.4 is 4.90 Å². The number of pyridine rings is 1. The van der Waals surface area contributed by atoms with Gasteiger partial charge in [0.15, 0.2) is 0 Å². The fraction of sp³-hybridized carbons (Fsp3) is 0.542. The van der Waals surface area contributed by atoms with E-state index in [-0.39, 0.29) is 5.92 Å². The molecule has 3 aromatic heterocycles. The van der Waals surface area contributed by atoms with E-state index in [1.807, 2.05) is 25.4 Å². The number of imidazole rings is 1. The summed E-state index contributed by atoms with van der Waals surface area (Å²) >= 11 is 0. The number of aryl methyl sites for hydroxylation is 1. The van der Waals surface area contributed by atoms with E-state index in [1.54, 1.807) is 7.11 Å². The summed E-state index contributed by atoms with van der Waals surface area (Å²) in [6.45, 7) is 3.87. The van der Waals surface area contributed by atoms with Crippen molar-refractivity contribution in [2.24, 2.45) is 5.92 Å². The molecule has 2 atom stereocenters. The van der Waals surface area contributed by atoms with Crippen molar-refractivity contribution in [2.75, 3.05) is 25.1 Å². The number of nitriles is 1. The van der Waals surface area contributed by atoms with Crippen molar-refractivity contribution >= 4 is 17.0 Å². The third-order valence-corrected chi connectivity index (χ3v) is 6.88. The maximum atomic E-state index is 9.31. The van der Waals surface area contributed by atoms with Crippen LogP contribution in [0.15, 0.2) is 24.5 Å². The van der Waals surface area contributed by atoms with Crippen LogP contribution in [0.1, 0.15) is 55.4 Å². The van der Waals surface area contributed by atoms with E-state index in [2.05, 4.69) is 31.6 Å². The van der Waals surface area contributed by atoms with Crippen LogP contribution in [0.2, 0.25) is 0 Å². The largest absolute Gasteiger partial charge is 0.381 e. The highest BCUT2D eigenvalue weighted by Crippen LogP contribution is 2.37. The Morgan fingerprint density at radius 2 is 1.97 bits per heavy atom. The van der Waals surface area contributed by atoms with Gasteiger partial charge in [0.1, 0.15) is 11.3 Å². The van der Waals surface area contributed by atoms with E-state index in [1.165, 1.54) is 0 Å². The standard InChI is InChI=1S/C24H29N7O/c1-16-28-22-15-27-19(13-23(22)31(16)20-4-3-17(11-20)14-25)12-18-5-8-26-24(29-18)30-9-6-21(32-2)7-10-30/h5,8,13,15,17,20-21H,3-4,6-7,9-12H2,1-2H3/t17-,20+/m0/s1. The molecule has 0 radical (unpaired) electrons. The van der Waals surface area contributed by atoms with Crippen LogP contribution in [0, 0.1) is 24.2 Å². The summed E-state index contributed by atoms with van der Waals surface area (Å²) in [5.74, 6) is 1.92. The number of hydrogen-bond acceptors (Lipinski definition) is 7. The van der Waals surface area contributed by atoms with E-state index in [0.717, 1.165) is 79.4 Å². The molecule has 5 rings (SSSR count). The van der Waals surface area contributed by atoms with Crippen molar-refractivity contribution in [3.05, 3.63) is 41.7 Å². The van der Waals surface area contributed by atoms with E-state index in [0.29, 0.717) is 18.6 Å². The lowest BCUT2D eigenvalue weighted by molar-refractivity contribution is 0.0816. The van der Waals surface area contributed by atoms with Gasteiger partial charge in [0, 0.05) is 50.5 Å².